The van der Waals surface area contributed by atoms with Crippen LogP contribution in [-0.4, -0.2) is 12.5 Å². The summed E-state index contributed by atoms with van der Waals surface area (Å²) in [5.41, 5.74) is 6.76. The highest BCUT2D eigenvalue weighted by Gasteiger charge is 1.87. The van der Waals surface area contributed by atoms with Crippen molar-refractivity contribution >= 4 is 5.97 Å². The Balaban J connectivity index is 0.000000325. The number of nitrogens with two attached hydrogens (primary N) is 1. The number of carbonyl (C=O) groups is 1. The molecule has 0 amide bonds. The van der Waals surface area contributed by atoms with Gasteiger partial charge >= 0.3 is 0 Å². The zero-order chi connectivity index (χ0) is 12.2. The predicted molar refractivity (Wildman–Crippen MR) is 63.6 cm³/mol. The molecular formula is C13H18NO2-. The zero-order valence-corrected chi connectivity index (χ0v) is 9.56. The molecule has 0 heterocycles. The molecule has 0 aliphatic carbocycles. The number of benzene rings is 1. The highest BCUT2D eigenvalue weighted by molar-refractivity contribution is 5.77. The Morgan fingerprint density at radius 3 is 2.38 bits per heavy atom. The molecule has 0 fully saturated rings. The molecule has 0 unspecified atom stereocenters. The topological polar surface area (TPSA) is 66.1 Å². The van der Waals surface area contributed by atoms with Crippen molar-refractivity contribution in [2.45, 2.75) is 19.8 Å². The van der Waals surface area contributed by atoms with Gasteiger partial charge in [-0.2, -0.15) is 0 Å². The Morgan fingerprint density at radius 2 is 2.00 bits per heavy atom. The number of rotatable bonds is 4. The summed E-state index contributed by atoms with van der Waals surface area (Å²) in [4.78, 5) is 9.40. The van der Waals surface area contributed by atoms with E-state index in [-0.39, 0.29) is 0 Å². The molecule has 2 N–H and O–H groups in total. The minimum atomic E-state index is -1.14. The summed E-state index contributed by atoms with van der Waals surface area (Å²) in [6.45, 7) is 2.41. The van der Waals surface area contributed by atoms with Crippen molar-refractivity contribution in [3.63, 3.8) is 0 Å². The molecule has 88 valence electrons. The van der Waals surface area contributed by atoms with E-state index < -0.39 is 5.97 Å². The van der Waals surface area contributed by atoms with Crippen LogP contribution in [0.25, 0.3) is 0 Å². The summed E-state index contributed by atoms with van der Waals surface area (Å²) in [6, 6.07) is 10.4. The van der Waals surface area contributed by atoms with E-state index in [1.54, 1.807) is 6.92 Å². The van der Waals surface area contributed by atoms with Crippen molar-refractivity contribution in [3.05, 3.63) is 48.0 Å². The summed E-state index contributed by atoms with van der Waals surface area (Å²) < 4.78 is 0. The molecule has 0 saturated heterocycles. The van der Waals surface area contributed by atoms with Crippen LogP contribution >= 0.6 is 0 Å². The first-order valence-electron chi connectivity index (χ1n) is 5.28. The van der Waals surface area contributed by atoms with Gasteiger partial charge in [0.15, 0.2) is 0 Å². The molecule has 0 aromatic heterocycles. The average molecular weight is 220 g/mol. The molecule has 0 saturated carbocycles. The van der Waals surface area contributed by atoms with Gasteiger partial charge < -0.3 is 15.6 Å². The van der Waals surface area contributed by atoms with Crippen molar-refractivity contribution in [3.8, 4) is 0 Å². The smallest absolute Gasteiger partial charge is 0.0639 e. The van der Waals surface area contributed by atoms with Crippen molar-refractivity contribution in [2.24, 2.45) is 5.73 Å². The normalized spacial score (nSPS) is 9.62. The molecule has 16 heavy (non-hydrogen) atoms. The van der Waals surface area contributed by atoms with Crippen LogP contribution in [0.5, 0.6) is 0 Å². The Hall–Kier alpha value is -1.61. The lowest BCUT2D eigenvalue weighted by molar-refractivity contribution is -0.297. The fourth-order valence-electron chi connectivity index (χ4n) is 1.09. The van der Waals surface area contributed by atoms with E-state index in [0.717, 1.165) is 25.5 Å². The minimum Gasteiger partial charge on any atom is -0.545 e. The van der Waals surface area contributed by atoms with Crippen LogP contribution in [0.1, 0.15) is 18.9 Å². The number of carbonyl (C=O) groups excluding carboxylic acids is 1. The minimum absolute atomic E-state index is 0.787. The molecule has 0 bridgehead atoms. The first-order valence-corrected chi connectivity index (χ1v) is 5.28. The van der Waals surface area contributed by atoms with Crippen molar-refractivity contribution in [1.29, 1.82) is 0 Å². The third kappa shape index (κ3) is 8.97. The fraction of sp³-hybridized carbons (Fsp3) is 0.308. The largest absolute Gasteiger partial charge is 0.545 e. The highest BCUT2D eigenvalue weighted by atomic mass is 16.4. The first kappa shape index (κ1) is 14.4. The van der Waals surface area contributed by atoms with Gasteiger partial charge in [-0.15, -0.1) is 0 Å². The number of carboxylic acids is 1. The number of aliphatic carboxylic acids is 1. The molecule has 1 aromatic rings. The maximum Gasteiger partial charge on any atom is 0.0639 e. The third-order valence-electron chi connectivity index (χ3n) is 1.82. The Kier molecular flexibility index (Phi) is 8.93. The van der Waals surface area contributed by atoms with Gasteiger partial charge in [-0.3, -0.25) is 0 Å². The SMILES string of the molecule is C/C=C/C(=O)[O-].NCCCc1ccccc1. The highest BCUT2D eigenvalue weighted by Crippen LogP contribution is 2.00. The monoisotopic (exact) mass is 220 g/mol. The molecule has 1 aromatic carbocycles. The summed E-state index contributed by atoms with van der Waals surface area (Å²) >= 11 is 0. The summed E-state index contributed by atoms with van der Waals surface area (Å²) in [6.07, 6.45) is 4.58. The lowest BCUT2D eigenvalue weighted by Crippen LogP contribution is -2.18. The van der Waals surface area contributed by atoms with Crippen LogP contribution in [0.15, 0.2) is 42.5 Å². The standard InChI is InChI=1S/C9H13N.C4H6O2/c10-8-4-7-9-5-2-1-3-6-9;1-2-3-4(5)6/h1-3,5-6H,4,7-8,10H2;2-3H,1H3,(H,5,6)/p-1/b;3-2+. The molecule has 0 aliphatic heterocycles. The van der Waals surface area contributed by atoms with Crippen LogP contribution < -0.4 is 10.8 Å². The summed E-state index contributed by atoms with van der Waals surface area (Å²) in [7, 11) is 0. The molecule has 0 aliphatic rings. The van der Waals surface area contributed by atoms with Gasteiger partial charge in [-0.25, -0.2) is 0 Å². The Bertz CT molecular complexity index is 307. The molecule has 0 spiro atoms. The van der Waals surface area contributed by atoms with Gasteiger partial charge in [0.1, 0.15) is 0 Å². The van der Waals surface area contributed by atoms with E-state index in [9.17, 15) is 9.90 Å². The average Bonchev–Trinajstić information content (AvgIpc) is 2.28. The molecule has 0 atom stereocenters. The van der Waals surface area contributed by atoms with Gasteiger partial charge in [0.05, 0.1) is 5.97 Å². The molecule has 3 heteroatoms. The lowest BCUT2D eigenvalue weighted by Gasteiger charge is -1.96. The zero-order valence-electron chi connectivity index (χ0n) is 9.56. The van der Waals surface area contributed by atoms with Crippen LogP contribution in [0.3, 0.4) is 0 Å². The number of hydrogen-bond donors (Lipinski definition) is 1. The second-order valence-electron chi connectivity index (χ2n) is 3.20. The number of aryl methyl sites for hydroxylation is 1. The van der Waals surface area contributed by atoms with Gasteiger partial charge in [0.25, 0.3) is 0 Å². The van der Waals surface area contributed by atoms with Crippen molar-refractivity contribution < 1.29 is 9.90 Å². The van der Waals surface area contributed by atoms with Gasteiger partial charge in [-0.1, -0.05) is 36.4 Å². The maximum atomic E-state index is 9.40. The van der Waals surface area contributed by atoms with E-state index >= 15 is 0 Å². The number of carboxylic acid groups (broad SMARTS) is 1. The first-order chi connectivity index (χ1) is 7.70. The Morgan fingerprint density at radius 1 is 1.38 bits per heavy atom. The Labute approximate surface area is 96.6 Å². The van der Waals surface area contributed by atoms with Crippen molar-refractivity contribution in [2.75, 3.05) is 6.54 Å². The van der Waals surface area contributed by atoms with Gasteiger partial charge in [0, 0.05) is 0 Å². The van der Waals surface area contributed by atoms with Crippen LogP contribution in [0.2, 0.25) is 0 Å². The predicted octanol–water partition coefficient (Wildman–Crippen LogP) is 0.890. The van der Waals surface area contributed by atoms with Gasteiger partial charge in [0.2, 0.25) is 0 Å². The second kappa shape index (κ2) is 9.93. The molecule has 3 nitrogen and oxygen atoms in total. The van der Waals surface area contributed by atoms with E-state index in [1.165, 1.54) is 11.6 Å². The van der Waals surface area contributed by atoms with E-state index in [2.05, 4.69) is 24.3 Å². The molecule has 0 radical (unpaired) electrons. The van der Waals surface area contributed by atoms with Gasteiger partial charge in [-0.05, 0) is 37.9 Å². The van der Waals surface area contributed by atoms with Crippen LogP contribution in [-0.2, 0) is 11.2 Å². The third-order valence-corrected chi connectivity index (χ3v) is 1.82. The quantitative estimate of drug-likeness (QED) is 0.766. The maximum absolute atomic E-state index is 9.40. The van der Waals surface area contributed by atoms with Crippen LogP contribution in [0, 0.1) is 0 Å². The molecular weight excluding hydrogens is 202 g/mol. The van der Waals surface area contributed by atoms with Crippen molar-refractivity contribution in [1.82, 2.24) is 0 Å². The lowest BCUT2D eigenvalue weighted by atomic mass is 10.1. The molecule has 1 rings (SSSR count). The second-order valence-corrected chi connectivity index (χ2v) is 3.20. The fourth-order valence-corrected chi connectivity index (χ4v) is 1.09. The van der Waals surface area contributed by atoms with Crippen LogP contribution in [0.4, 0.5) is 0 Å². The summed E-state index contributed by atoms with van der Waals surface area (Å²) in [5.74, 6) is -1.14. The number of allylic oxidation sites excluding steroid dienone is 1. The van der Waals surface area contributed by atoms with E-state index in [1.807, 2.05) is 6.07 Å². The number of hydrogen-bond acceptors (Lipinski definition) is 3. The summed E-state index contributed by atoms with van der Waals surface area (Å²) in [5, 5.41) is 9.40. The van der Waals surface area contributed by atoms with E-state index in [4.69, 9.17) is 5.73 Å². The van der Waals surface area contributed by atoms with E-state index in [0.29, 0.717) is 0 Å².